The van der Waals surface area contributed by atoms with E-state index in [-0.39, 0.29) is 5.91 Å². The normalized spacial score (nSPS) is 11.0. The van der Waals surface area contributed by atoms with Crippen molar-refractivity contribution in [3.63, 3.8) is 0 Å². The van der Waals surface area contributed by atoms with Gasteiger partial charge in [0.15, 0.2) is 0 Å². The van der Waals surface area contributed by atoms with E-state index in [1.807, 2.05) is 43.2 Å². The minimum atomic E-state index is 0.00560. The fourth-order valence-electron chi connectivity index (χ4n) is 2.72. The minimum absolute atomic E-state index is 0.00560. The molecule has 0 bridgehead atoms. The molecule has 1 amide bonds. The van der Waals surface area contributed by atoms with E-state index in [2.05, 4.69) is 41.4 Å². The molecule has 1 N–H and O–H groups in total. The van der Waals surface area contributed by atoms with Crippen molar-refractivity contribution in [1.29, 1.82) is 0 Å². The van der Waals surface area contributed by atoms with Crippen LogP contribution in [0.25, 0.3) is 11.1 Å². The van der Waals surface area contributed by atoms with E-state index in [9.17, 15) is 4.79 Å². The zero-order valence-corrected chi connectivity index (χ0v) is 16.7. The molecule has 3 rings (SSSR count). The molecule has 0 unspecified atom stereocenters. The number of pyridine rings is 1. The van der Waals surface area contributed by atoms with Crippen LogP contribution >= 0.6 is 11.8 Å². The van der Waals surface area contributed by atoms with Gasteiger partial charge in [-0.25, -0.2) is 0 Å². The first-order valence-electron chi connectivity index (χ1n) is 8.95. The van der Waals surface area contributed by atoms with Crippen molar-refractivity contribution >= 4 is 17.7 Å². The smallest absolute Gasteiger partial charge is 0.224 e. The molecular weight excluding hydrogens is 356 g/mol. The average Bonchev–Trinajstić information content (AvgIpc) is 3.08. The van der Waals surface area contributed by atoms with Crippen molar-refractivity contribution < 1.29 is 4.79 Å². The highest BCUT2D eigenvalue weighted by Gasteiger charge is 2.06. The number of hydrogen-bond donors (Lipinski definition) is 1. The van der Waals surface area contributed by atoms with Crippen molar-refractivity contribution in [1.82, 2.24) is 20.1 Å². The highest BCUT2D eigenvalue weighted by atomic mass is 32.2. The Labute approximate surface area is 164 Å². The second-order valence-electron chi connectivity index (χ2n) is 6.75. The maximum atomic E-state index is 12.3. The summed E-state index contributed by atoms with van der Waals surface area (Å²) < 4.78 is 1.76. The number of aryl methyl sites for hydroxylation is 1. The van der Waals surface area contributed by atoms with Gasteiger partial charge in [-0.1, -0.05) is 26.0 Å². The zero-order chi connectivity index (χ0) is 19.2. The van der Waals surface area contributed by atoms with Crippen LogP contribution in [0.4, 0.5) is 0 Å². The van der Waals surface area contributed by atoms with E-state index >= 15 is 0 Å². The summed E-state index contributed by atoms with van der Waals surface area (Å²) in [5.41, 5.74) is 3.99. The molecule has 0 fully saturated rings. The number of hydrogen-bond acceptors (Lipinski definition) is 4. The van der Waals surface area contributed by atoms with Crippen molar-refractivity contribution in [3.8, 4) is 11.1 Å². The Morgan fingerprint density at radius 1 is 1.11 bits per heavy atom. The minimum Gasteiger partial charge on any atom is -0.352 e. The molecular formula is C21H24N4OS. The molecule has 0 aliphatic rings. The number of benzene rings is 1. The van der Waals surface area contributed by atoms with Crippen LogP contribution < -0.4 is 5.32 Å². The summed E-state index contributed by atoms with van der Waals surface area (Å²) in [7, 11) is 1.88. The first-order chi connectivity index (χ1) is 13.0. The number of rotatable bonds is 7. The second-order valence-corrected chi connectivity index (χ2v) is 8.40. The summed E-state index contributed by atoms with van der Waals surface area (Å²) in [6, 6.07) is 10.2. The Hall–Kier alpha value is -2.60. The largest absolute Gasteiger partial charge is 0.352 e. The third-order valence-corrected chi connectivity index (χ3v) is 5.00. The number of thioether (sulfide) groups is 1. The SMILES string of the molecule is CC(C)Sc1ccc(CC(=O)NCc2cncc(-c3cnn(C)c3)c2)cc1. The fourth-order valence-corrected chi connectivity index (χ4v) is 3.56. The molecule has 27 heavy (non-hydrogen) atoms. The van der Waals surface area contributed by atoms with Crippen molar-refractivity contribution in [3.05, 3.63) is 66.2 Å². The lowest BCUT2D eigenvalue weighted by Crippen LogP contribution is -2.24. The molecule has 6 heteroatoms. The summed E-state index contributed by atoms with van der Waals surface area (Å²) in [6.07, 6.45) is 7.71. The van der Waals surface area contributed by atoms with Gasteiger partial charge in [-0.15, -0.1) is 11.8 Å². The lowest BCUT2D eigenvalue weighted by Gasteiger charge is -2.08. The van der Waals surface area contributed by atoms with E-state index in [0.717, 1.165) is 22.3 Å². The van der Waals surface area contributed by atoms with Crippen LogP contribution in [0.3, 0.4) is 0 Å². The fraction of sp³-hybridized carbons (Fsp3) is 0.286. The third-order valence-electron chi connectivity index (χ3n) is 3.98. The summed E-state index contributed by atoms with van der Waals surface area (Å²) in [6.45, 7) is 4.80. The summed E-state index contributed by atoms with van der Waals surface area (Å²) in [5, 5.41) is 7.71. The van der Waals surface area contributed by atoms with E-state index in [1.54, 1.807) is 23.3 Å². The van der Waals surface area contributed by atoms with Gasteiger partial charge < -0.3 is 5.32 Å². The molecule has 0 spiro atoms. The first-order valence-corrected chi connectivity index (χ1v) is 9.83. The van der Waals surface area contributed by atoms with Crippen LogP contribution in [0.5, 0.6) is 0 Å². The maximum absolute atomic E-state index is 12.3. The Bertz CT molecular complexity index is 903. The quantitative estimate of drug-likeness (QED) is 0.633. The van der Waals surface area contributed by atoms with Crippen LogP contribution in [0.15, 0.2) is 60.0 Å². The second kappa shape index (κ2) is 8.86. The molecule has 2 heterocycles. The molecule has 2 aromatic heterocycles. The van der Waals surface area contributed by atoms with Crippen LogP contribution in [0, 0.1) is 0 Å². The van der Waals surface area contributed by atoms with Crippen LogP contribution in [-0.4, -0.2) is 25.9 Å². The van der Waals surface area contributed by atoms with Gasteiger partial charge >= 0.3 is 0 Å². The lowest BCUT2D eigenvalue weighted by molar-refractivity contribution is -0.120. The van der Waals surface area contributed by atoms with Crippen molar-refractivity contribution in [2.75, 3.05) is 0 Å². The molecule has 140 valence electrons. The van der Waals surface area contributed by atoms with E-state index < -0.39 is 0 Å². The van der Waals surface area contributed by atoms with Gasteiger partial charge in [0, 0.05) is 53.5 Å². The number of amides is 1. The van der Waals surface area contributed by atoms with Gasteiger partial charge in [0.1, 0.15) is 0 Å². The molecule has 0 atom stereocenters. The summed E-state index contributed by atoms with van der Waals surface area (Å²) >= 11 is 1.82. The number of nitrogens with zero attached hydrogens (tertiary/aromatic N) is 3. The number of carbonyl (C=O) groups is 1. The Morgan fingerprint density at radius 3 is 2.56 bits per heavy atom. The molecule has 0 aliphatic carbocycles. The van der Waals surface area contributed by atoms with Crippen LogP contribution in [0.2, 0.25) is 0 Å². The zero-order valence-electron chi connectivity index (χ0n) is 15.8. The Kier molecular flexibility index (Phi) is 6.29. The van der Waals surface area contributed by atoms with Crippen LogP contribution in [-0.2, 0) is 24.8 Å². The molecule has 1 aromatic carbocycles. The highest BCUT2D eigenvalue weighted by Crippen LogP contribution is 2.23. The topological polar surface area (TPSA) is 59.8 Å². The third kappa shape index (κ3) is 5.69. The maximum Gasteiger partial charge on any atom is 0.224 e. The Balaban J connectivity index is 1.55. The van der Waals surface area contributed by atoms with Gasteiger partial charge in [-0.05, 0) is 29.3 Å². The monoisotopic (exact) mass is 380 g/mol. The average molecular weight is 381 g/mol. The molecule has 0 aliphatic heterocycles. The number of nitrogens with one attached hydrogen (secondary N) is 1. The molecule has 0 radical (unpaired) electrons. The van der Waals surface area contributed by atoms with E-state index in [0.29, 0.717) is 18.2 Å². The molecule has 0 saturated heterocycles. The van der Waals surface area contributed by atoms with Crippen molar-refractivity contribution in [2.45, 2.75) is 37.0 Å². The van der Waals surface area contributed by atoms with Gasteiger partial charge in [0.25, 0.3) is 0 Å². The predicted octanol–water partition coefficient (Wildman–Crippen LogP) is 3.84. The number of carbonyl (C=O) groups excluding carboxylic acids is 1. The van der Waals surface area contributed by atoms with E-state index in [4.69, 9.17) is 0 Å². The number of aromatic nitrogens is 3. The molecule has 0 saturated carbocycles. The van der Waals surface area contributed by atoms with Gasteiger partial charge in [0.2, 0.25) is 5.91 Å². The lowest BCUT2D eigenvalue weighted by atomic mass is 10.1. The predicted molar refractivity (Wildman–Crippen MR) is 109 cm³/mol. The highest BCUT2D eigenvalue weighted by molar-refractivity contribution is 7.99. The van der Waals surface area contributed by atoms with Gasteiger partial charge in [0.05, 0.1) is 12.6 Å². The Morgan fingerprint density at radius 2 is 1.89 bits per heavy atom. The molecule has 5 nitrogen and oxygen atoms in total. The summed E-state index contributed by atoms with van der Waals surface area (Å²) in [5.74, 6) is 0.00560. The standard InChI is InChI=1S/C21H24N4OS/c1-15(2)27-20-6-4-16(5-7-20)9-21(26)23-11-17-8-18(12-22-10-17)19-13-24-25(3)14-19/h4-8,10,12-15H,9,11H2,1-3H3,(H,23,26). The summed E-state index contributed by atoms with van der Waals surface area (Å²) in [4.78, 5) is 17.8. The van der Waals surface area contributed by atoms with Crippen LogP contribution in [0.1, 0.15) is 25.0 Å². The molecule has 3 aromatic rings. The first kappa shape index (κ1) is 19.2. The van der Waals surface area contributed by atoms with E-state index in [1.165, 1.54) is 4.90 Å². The van der Waals surface area contributed by atoms with Gasteiger partial charge in [-0.2, -0.15) is 5.10 Å². The van der Waals surface area contributed by atoms with Gasteiger partial charge in [-0.3, -0.25) is 14.5 Å². The van der Waals surface area contributed by atoms with Crippen molar-refractivity contribution in [2.24, 2.45) is 7.05 Å².